The number of aliphatic carboxylic acids is 1. The summed E-state index contributed by atoms with van der Waals surface area (Å²) in [6.07, 6.45) is 2.06. The summed E-state index contributed by atoms with van der Waals surface area (Å²) in [6.45, 7) is 7.58. The number of nitrogens with one attached hydrogen (secondary N) is 1. The third-order valence-electron chi connectivity index (χ3n) is 4.13. The van der Waals surface area contributed by atoms with Gasteiger partial charge in [-0.25, -0.2) is 4.79 Å². The molecule has 2 fully saturated rings. The summed E-state index contributed by atoms with van der Waals surface area (Å²) < 4.78 is 5.36. The Morgan fingerprint density at radius 2 is 1.86 bits per heavy atom. The highest BCUT2D eigenvalue weighted by Gasteiger charge is 2.44. The Hall–Kier alpha value is -1.01. The molecule has 1 amide bonds. The van der Waals surface area contributed by atoms with Crippen LogP contribution in [0.5, 0.6) is 0 Å². The fourth-order valence-corrected chi connectivity index (χ4v) is 2.96. The number of carboxylic acid groups (broad SMARTS) is 1. The number of hydrogen-bond acceptors (Lipinski definition) is 4. The van der Waals surface area contributed by atoms with Gasteiger partial charge in [0.15, 0.2) is 0 Å². The minimum Gasteiger partial charge on any atom is -0.480 e. The quantitative estimate of drug-likeness (QED) is 0.771. The maximum Gasteiger partial charge on any atom is 0.410 e. The summed E-state index contributed by atoms with van der Waals surface area (Å²) in [5.41, 5.74) is -0.447. The van der Waals surface area contributed by atoms with Crippen LogP contribution in [0.4, 0.5) is 4.79 Å². The van der Waals surface area contributed by atoms with Crippen LogP contribution in [-0.2, 0) is 9.53 Å². The topological polar surface area (TPSA) is 78.9 Å². The molecular weight excluding hydrogens is 296 g/mol. The number of carbonyl (C=O) groups is 2. The van der Waals surface area contributed by atoms with E-state index in [1.165, 1.54) is 0 Å². The molecule has 1 atom stereocenters. The second-order valence-electron chi connectivity index (χ2n) is 6.94. The normalized spacial score (nSPS) is 24.5. The van der Waals surface area contributed by atoms with Gasteiger partial charge in [0, 0.05) is 19.6 Å². The van der Waals surface area contributed by atoms with Crippen LogP contribution >= 0.6 is 12.4 Å². The molecular formula is C14H25ClN2O4. The van der Waals surface area contributed by atoms with Crippen LogP contribution in [0, 0.1) is 5.41 Å². The number of carbonyl (C=O) groups excluding carboxylic acids is 1. The molecule has 7 heteroatoms. The first-order chi connectivity index (χ1) is 9.21. The van der Waals surface area contributed by atoms with Gasteiger partial charge >= 0.3 is 12.1 Å². The molecule has 0 radical (unpaired) electrons. The molecule has 122 valence electrons. The van der Waals surface area contributed by atoms with Crippen molar-refractivity contribution in [1.82, 2.24) is 10.2 Å². The molecule has 2 saturated heterocycles. The number of amides is 1. The first kappa shape index (κ1) is 18.0. The third-order valence-corrected chi connectivity index (χ3v) is 4.13. The van der Waals surface area contributed by atoms with Crippen molar-refractivity contribution in [1.29, 1.82) is 0 Å². The van der Waals surface area contributed by atoms with Gasteiger partial charge in [-0.3, -0.25) is 4.79 Å². The van der Waals surface area contributed by atoms with E-state index in [0.29, 0.717) is 19.5 Å². The molecule has 0 aromatic heterocycles. The molecule has 0 bridgehead atoms. The summed E-state index contributed by atoms with van der Waals surface area (Å²) in [5.74, 6) is -0.781. The van der Waals surface area contributed by atoms with Crippen LogP contribution in [0.3, 0.4) is 0 Å². The van der Waals surface area contributed by atoms with Crippen LogP contribution in [-0.4, -0.2) is 53.3 Å². The standard InChI is InChI=1S/C14H24N2O4.ClH/c1-13(2,3)20-12(19)16-6-4-14(5-7-16)8-10(11(17)18)15-9-14;/h10,15H,4-9H2,1-3H3,(H,17,18);1H. The number of likely N-dealkylation sites (tertiary alicyclic amines) is 1. The molecule has 0 saturated carbocycles. The van der Waals surface area contributed by atoms with Gasteiger partial charge in [-0.05, 0) is 45.4 Å². The molecule has 1 unspecified atom stereocenters. The molecule has 2 aliphatic rings. The number of rotatable bonds is 1. The van der Waals surface area contributed by atoms with E-state index in [4.69, 9.17) is 9.84 Å². The Bertz CT molecular complexity index is 400. The zero-order chi connectivity index (χ0) is 15.0. The van der Waals surface area contributed by atoms with Crippen molar-refractivity contribution in [2.45, 2.75) is 51.7 Å². The summed E-state index contributed by atoms with van der Waals surface area (Å²) in [4.78, 5) is 24.7. The maximum atomic E-state index is 12.0. The maximum absolute atomic E-state index is 12.0. The molecule has 21 heavy (non-hydrogen) atoms. The van der Waals surface area contributed by atoms with Crippen LogP contribution in [0.25, 0.3) is 0 Å². The van der Waals surface area contributed by atoms with Crippen molar-refractivity contribution in [3.8, 4) is 0 Å². The van der Waals surface area contributed by atoms with E-state index in [2.05, 4.69) is 5.32 Å². The number of piperidine rings is 1. The lowest BCUT2D eigenvalue weighted by Gasteiger charge is -2.39. The molecule has 0 aromatic rings. The van der Waals surface area contributed by atoms with E-state index in [1.807, 2.05) is 20.8 Å². The average molecular weight is 321 g/mol. The molecule has 0 aromatic carbocycles. The Labute approximate surface area is 131 Å². The highest BCUT2D eigenvalue weighted by molar-refractivity contribution is 5.85. The molecule has 0 aliphatic carbocycles. The molecule has 2 rings (SSSR count). The highest BCUT2D eigenvalue weighted by atomic mass is 35.5. The van der Waals surface area contributed by atoms with E-state index < -0.39 is 17.6 Å². The van der Waals surface area contributed by atoms with Crippen LogP contribution in [0.2, 0.25) is 0 Å². The van der Waals surface area contributed by atoms with Crippen LogP contribution < -0.4 is 5.32 Å². The lowest BCUT2D eigenvalue weighted by atomic mass is 9.76. The number of halogens is 1. The van der Waals surface area contributed by atoms with E-state index in [1.54, 1.807) is 4.90 Å². The van der Waals surface area contributed by atoms with Gasteiger partial charge in [0.1, 0.15) is 11.6 Å². The zero-order valence-corrected chi connectivity index (χ0v) is 13.7. The Morgan fingerprint density at radius 3 is 2.29 bits per heavy atom. The van der Waals surface area contributed by atoms with Gasteiger partial charge in [0.05, 0.1) is 0 Å². The highest BCUT2D eigenvalue weighted by Crippen LogP contribution is 2.39. The molecule has 6 nitrogen and oxygen atoms in total. The van der Waals surface area contributed by atoms with E-state index in [9.17, 15) is 9.59 Å². The van der Waals surface area contributed by atoms with Gasteiger partial charge in [0.25, 0.3) is 0 Å². The largest absolute Gasteiger partial charge is 0.480 e. The number of carboxylic acids is 1. The van der Waals surface area contributed by atoms with Gasteiger partial charge in [-0.1, -0.05) is 0 Å². The predicted molar refractivity (Wildman–Crippen MR) is 80.8 cm³/mol. The van der Waals surface area contributed by atoms with Crippen molar-refractivity contribution in [2.24, 2.45) is 5.41 Å². The number of hydrogen-bond donors (Lipinski definition) is 2. The van der Waals surface area contributed by atoms with Crippen molar-refractivity contribution in [3.05, 3.63) is 0 Å². The molecule has 2 aliphatic heterocycles. The second-order valence-corrected chi connectivity index (χ2v) is 6.94. The minimum absolute atomic E-state index is 0. The summed E-state index contributed by atoms with van der Waals surface area (Å²) in [7, 11) is 0. The van der Waals surface area contributed by atoms with Crippen LogP contribution in [0.1, 0.15) is 40.0 Å². The van der Waals surface area contributed by atoms with Gasteiger partial charge in [-0.15, -0.1) is 12.4 Å². The predicted octanol–water partition coefficient (Wildman–Crippen LogP) is 1.87. The third kappa shape index (κ3) is 4.48. The SMILES string of the molecule is CC(C)(C)OC(=O)N1CCC2(CC1)CNC(C(=O)O)C2.Cl. The lowest BCUT2D eigenvalue weighted by molar-refractivity contribution is -0.139. The smallest absolute Gasteiger partial charge is 0.410 e. The summed E-state index contributed by atoms with van der Waals surface area (Å²) in [6, 6.07) is -0.442. The van der Waals surface area contributed by atoms with Gasteiger partial charge in [0.2, 0.25) is 0 Å². The lowest BCUT2D eigenvalue weighted by Crippen LogP contribution is -2.45. The summed E-state index contributed by atoms with van der Waals surface area (Å²) in [5, 5.41) is 12.1. The molecule has 2 N–H and O–H groups in total. The van der Waals surface area contributed by atoms with E-state index in [-0.39, 0.29) is 23.9 Å². The first-order valence-electron chi connectivity index (χ1n) is 7.15. The van der Waals surface area contributed by atoms with Crippen molar-refractivity contribution < 1.29 is 19.4 Å². The Balaban J connectivity index is 0.00000220. The Morgan fingerprint density at radius 1 is 1.29 bits per heavy atom. The Kier molecular flexibility index (Phi) is 5.50. The minimum atomic E-state index is -0.781. The van der Waals surface area contributed by atoms with Crippen molar-refractivity contribution in [3.63, 3.8) is 0 Å². The molecule has 2 heterocycles. The second kappa shape index (κ2) is 6.40. The van der Waals surface area contributed by atoms with Gasteiger partial charge < -0.3 is 20.1 Å². The number of nitrogens with zero attached hydrogens (tertiary/aromatic N) is 1. The van der Waals surface area contributed by atoms with Crippen molar-refractivity contribution >= 4 is 24.5 Å². The molecule has 1 spiro atoms. The van der Waals surface area contributed by atoms with Gasteiger partial charge in [-0.2, -0.15) is 0 Å². The van der Waals surface area contributed by atoms with E-state index >= 15 is 0 Å². The van der Waals surface area contributed by atoms with E-state index in [0.717, 1.165) is 19.4 Å². The first-order valence-corrected chi connectivity index (χ1v) is 7.15. The summed E-state index contributed by atoms with van der Waals surface area (Å²) >= 11 is 0. The number of ether oxygens (including phenoxy) is 1. The van der Waals surface area contributed by atoms with Crippen molar-refractivity contribution in [2.75, 3.05) is 19.6 Å². The monoisotopic (exact) mass is 320 g/mol. The average Bonchev–Trinajstić information content (AvgIpc) is 2.72. The fraction of sp³-hybridized carbons (Fsp3) is 0.857. The van der Waals surface area contributed by atoms with Crippen LogP contribution in [0.15, 0.2) is 0 Å². The zero-order valence-electron chi connectivity index (χ0n) is 12.8. The fourth-order valence-electron chi connectivity index (χ4n) is 2.96.